The molecule has 0 radical (unpaired) electrons. The zero-order valence-corrected chi connectivity index (χ0v) is 23.2. The van der Waals surface area contributed by atoms with Gasteiger partial charge in [-0.2, -0.15) is 8.42 Å². The monoisotopic (exact) mass is 536 g/mol. The van der Waals surface area contributed by atoms with Crippen LogP contribution in [0.15, 0.2) is 17.0 Å². The number of aliphatic hydroxyl groups excluding tert-OH is 3. The van der Waals surface area contributed by atoms with Crippen molar-refractivity contribution in [3.05, 3.63) is 28.8 Å². The summed E-state index contributed by atoms with van der Waals surface area (Å²) in [6.45, 7) is 0.709. The Morgan fingerprint density at radius 1 is 0.541 bits per heavy atom. The smallest absolute Gasteiger partial charge is 0.295 e. The van der Waals surface area contributed by atoms with E-state index in [0.29, 0.717) is 48.3 Å². The maximum atomic E-state index is 12.8. The lowest BCUT2D eigenvalue weighted by atomic mass is 9.76. The van der Waals surface area contributed by atoms with E-state index >= 15 is 0 Å². The lowest BCUT2D eigenvalue weighted by molar-refractivity contribution is 0.166. The van der Waals surface area contributed by atoms with E-state index in [2.05, 4.69) is 12.1 Å². The van der Waals surface area contributed by atoms with Crippen LogP contribution in [0.2, 0.25) is 0 Å². The molecule has 3 aliphatic rings. The third-order valence-corrected chi connectivity index (χ3v) is 10.8. The molecule has 37 heavy (non-hydrogen) atoms. The molecule has 210 valence electrons. The zero-order chi connectivity index (χ0) is 26.4. The second-order valence-corrected chi connectivity index (χ2v) is 13.9. The predicted octanol–water partition coefficient (Wildman–Crippen LogP) is 4.96. The van der Waals surface area contributed by atoms with E-state index in [0.717, 1.165) is 94.6 Å². The highest BCUT2D eigenvalue weighted by Crippen LogP contribution is 2.38. The number of rotatable bonds is 10. The van der Waals surface area contributed by atoms with Crippen molar-refractivity contribution >= 4 is 10.1 Å². The first-order valence-corrected chi connectivity index (χ1v) is 16.2. The minimum absolute atomic E-state index is 0.147. The molecular weight excluding hydrogens is 488 g/mol. The second-order valence-electron chi connectivity index (χ2n) is 12.5. The molecule has 3 fully saturated rings. The van der Waals surface area contributed by atoms with Crippen molar-refractivity contribution in [2.75, 3.05) is 19.8 Å². The van der Waals surface area contributed by atoms with Crippen molar-refractivity contribution in [2.45, 2.75) is 101 Å². The van der Waals surface area contributed by atoms with Gasteiger partial charge in [-0.15, -0.1) is 0 Å². The third-order valence-electron chi connectivity index (χ3n) is 9.78. The SMILES string of the molecule is O=S(=O)(O)c1c(CC2CCC(CO)CC2)cc(CC2CCC(CO)CC2)cc1CC1CCC(CO)CC1. The van der Waals surface area contributed by atoms with Gasteiger partial charge in [-0.05, 0) is 149 Å². The van der Waals surface area contributed by atoms with Gasteiger partial charge in [-0.3, -0.25) is 4.55 Å². The average molecular weight is 537 g/mol. The standard InChI is InChI=1S/C30H48O6S/c31-18-24-7-1-21(2-8-24)13-27-16-28(14-22-3-9-25(19-32)10-4-22)30(37(34,35)36)29(17-27)15-23-5-11-26(20-33)12-6-23/h16-17,21-26,31-33H,1-15,18-20H2,(H,34,35,36). The van der Waals surface area contributed by atoms with Crippen molar-refractivity contribution < 1.29 is 28.3 Å². The Hall–Kier alpha value is -0.990. The summed E-state index contributed by atoms with van der Waals surface area (Å²) < 4.78 is 36.0. The number of benzene rings is 1. The van der Waals surface area contributed by atoms with Gasteiger partial charge in [0.25, 0.3) is 10.1 Å². The summed E-state index contributed by atoms with van der Waals surface area (Å²) in [5.41, 5.74) is 2.73. The van der Waals surface area contributed by atoms with E-state index in [4.69, 9.17) is 0 Å². The Labute approximate surface area is 223 Å². The maximum Gasteiger partial charge on any atom is 0.295 e. The lowest BCUT2D eigenvalue weighted by Gasteiger charge is -2.30. The highest BCUT2D eigenvalue weighted by molar-refractivity contribution is 7.86. The van der Waals surface area contributed by atoms with Crippen molar-refractivity contribution in [1.29, 1.82) is 0 Å². The van der Waals surface area contributed by atoms with Gasteiger partial charge in [-0.1, -0.05) is 12.1 Å². The van der Waals surface area contributed by atoms with Crippen LogP contribution in [0.25, 0.3) is 0 Å². The van der Waals surface area contributed by atoms with E-state index < -0.39 is 10.1 Å². The molecule has 4 N–H and O–H groups in total. The molecule has 4 rings (SSSR count). The Morgan fingerprint density at radius 2 is 0.838 bits per heavy atom. The molecule has 0 bridgehead atoms. The summed E-state index contributed by atoms with van der Waals surface area (Å²) in [6.07, 6.45) is 14.3. The Balaban J connectivity index is 1.60. The van der Waals surface area contributed by atoms with Gasteiger partial charge in [0.1, 0.15) is 4.90 Å². The lowest BCUT2D eigenvalue weighted by Crippen LogP contribution is -2.22. The Kier molecular flexibility index (Phi) is 10.5. The van der Waals surface area contributed by atoms with Crippen LogP contribution in [0.4, 0.5) is 0 Å². The summed E-state index contributed by atoms with van der Waals surface area (Å²) in [5.74, 6) is 2.38. The minimum Gasteiger partial charge on any atom is -0.396 e. The molecule has 3 saturated carbocycles. The summed E-state index contributed by atoms with van der Waals surface area (Å²) >= 11 is 0. The summed E-state index contributed by atoms with van der Waals surface area (Å²) in [4.78, 5) is 0.147. The molecule has 0 unspecified atom stereocenters. The van der Waals surface area contributed by atoms with Crippen molar-refractivity contribution in [3.8, 4) is 0 Å². The predicted molar refractivity (Wildman–Crippen MR) is 145 cm³/mol. The van der Waals surface area contributed by atoms with E-state index in [-0.39, 0.29) is 24.7 Å². The van der Waals surface area contributed by atoms with Gasteiger partial charge in [-0.25, -0.2) is 0 Å². The van der Waals surface area contributed by atoms with E-state index in [1.54, 1.807) is 0 Å². The molecule has 3 aliphatic carbocycles. The van der Waals surface area contributed by atoms with Crippen LogP contribution in [0.3, 0.4) is 0 Å². The molecule has 0 spiro atoms. The number of aliphatic hydroxyl groups is 3. The van der Waals surface area contributed by atoms with Crippen LogP contribution >= 0.6 is 0 Å². The van der Waals surface area contributed by atoms with E-state index in [1.165, 1.54) is 5.56 Å². The zero-order valence-electron chi connectivity index (χ0n) is 22.4. The van der Waals surface area contributed by atoms with Crippen molar-refractivity contribution in [2.24, 2.45) is 35.5 Å². The first-order valence-electron chi connectivity index (χ1n) is 14.7. The fraction of sp³-hybridized carbons (Fsp3) is 0.800. The summed E-state index contributed by atoms with van der Waals surface area (Å²) in [7, 11) is -4.36. The van der Waals surface area contributed by atoms with Gasteiger partial charge in [0.15, 0.2) is 0 Å². The average Bonchev–Trinajstić information content (AvgIpc) is 2.89. The molecule has 0 atom stereocenters. The molecule has 0 aromatic heterocycles. The molecule has 6 nitrogen and oxygen atoms in total. The molecular formula is C30H48O6S. The maximum absolute atomic E-state index is 12.8. The Bertz CT molecular complexity index is 905. The van der Waals surface area contributed by atoms with Gasteiger partial charge >= 0.3 is 0 Å². The van der Waals surface area contributed by atoms with Crippen LogP contribution in [-0.4, -0.2) is 48.1 Å². The topological polar surface area (TPSA) is 115 Å². The third kappa shape index (κ3) is 8.01. The van der Waals surface area contributed by atoms with E-state index in [1.807, 2.05) is 0 Å². The fourth-order valence-electron chi connectivity index (χ4n) is 7.39. The van der Waals surface area contributed by atoms with Crippen molar-refractivity contribution in [1.82, 2.24) is 0 Å². The molecule has 0 amide bonds. The van der Waals surface area contributed by atoms with Crippen LogP contribution < -0.4 is 0 Å². The van der Waals surface area contributed by atoms with Gasteiger partial charge in [0.2, 0.25) is 0 Å². The first-order chi connectivity index (χ1) is 17.8. The molecule has 1 aromatic rings. The van der Waals surface area contributed by atoms with Gasteiger partial charge in [0.05, 0.1) is 0 Å². The van der Waals surface area contributed by atoms with Gasteiger partial charge < -0.3 is 15.3 Å². The minimum atomic E-state index is -4.36. The largest absolute Gasteiger partial charge is 0.396 e. The normalized spacial score (nSPS) is 31.4. The van der Waals surface area contributed by atoms with Crippen LogP contribution in [-0.2, 0) is 29.4 Å². The number of hydrogen-bond acceptors (Lipinski definition) is 5. The quantitative estimate of drug-likeness (QED) is 0.314. The highest BCUT2D eigenvalue weighted by Gasteiger charge is 2.29. The van der Waals surface area contributed by atoms with Crippen LogP contribution in [0.1, 0.15) is 93.7 Å². The molecule has 0 aliphatic heterocycles. The van der Waals surface area contributed by atoms with E-state index in [9.17, 15) is 28.3 Å². The molecule has 0 heterocycles. The molecule has 7 heteroatoms. The van der Waals surface area contributed by atoms with Crippen LogP contribution in [0.5, 0.6) is 0 Å². The molecule has 0 saturated heterocycles. The van der Waals surface area contributed by atoms with Gasteiger partial charge in [0, 0.05) is 19.8 Å². The summed E-state index contributed by atoms with van der Waals surface area (Å²) in [6, 6.07) is 4.12. The Morgan fingerprint density at radius 3 is 1.14 bits per heavy atom. The first kappa shape index (κ1) is 29.0. The second kappa shape index (κ2) is 13.4. The van der Waals surface area contributed by atoms with Crippen LogP contribution in [0, 0.1) is 35.5 Å². The highest BCUT2D eigenvalue weighted by atomic mass is 32.2. The molecule has 1 aromatic carbocycles. The fourth-order valence-corrected chi connectivity index (χ4v) is 8.34. The number of hydrogen-bond donors (Lipinski definition) is 4. The van der Waals surface area contributed by atoms with Crippen molar-refractivity contribution in [3.63, 3.8) is 0 Å². The summed E-state index contributed by atoms with van der Waals surface area (Å²) in [5, 5.41) is 28.6.